The third-order valence-corrected chi connectivity index (χ3v) is 6.21. The van der Waals surface area contributed by atoms with Gasteiger partial charge in [-0.25, -0.2) is 4.79 Å². The second-order valence-corrected chi connectivity index (χ2v) is 8.05. The van der Waals surface area contributed by atoms with Crippen molar-refractivity contribution < 1.29 is 19.5 Å². The zero-order valence-corrected chi connectivity index (χ0v) is 17.6. The van der Waals surface area contributed by atoms with Gasteiger partial charge in [0.15, 0.2) is 0 Å². The quantitative estimate of drug-likeness (QED) is 0.269. The molecule has 2 amide bonds. The molecule has 146 valence electrons. The smallest absolute Gasteiger partial charge is 0.352 e. The molecule has 0 aromatic heterocycles. The van der Waals surface area contributed by atoms with Crippen LogP contribution in [0.15, 0.2) is 34.4 Å². The van der Waals surface area contributed by atoms with Gasteiger partial charge in [0.2, 0.25) is 5.91 Å². The van der Waals surface area contributed by atoms with Crippen molar-refractivity contribution in [2.24, 2.45) is 0 Å². The zero-order chi connectivity index (χ0) is 20.3. The van der Waals surface area contributed by atoms with E-state index in [0.717, 1.165) is 10.5 Å². The minimum Gasteiger partial charge on any atom is -0.477 e. The molecule has 0 bridgehead atoms. The summed E-state index contributed by atoms with van der Waals surface area (Å²) in [5.74, 6) is -1.60. The molecule has 0 spiro atoms. The van der Waals surface area contributed by atoms with E-state index in [1.165, 1.54) is 16.7 Å². The Morgan fingerprint density at radius 2 is 2.07 bits per heavy atom. The molecule has 1 aliphatic heterocycles. The topological polar surface area (TPSA) is 86.7 Å². The summed E-state index contributed by atoms with van der Waals surface area (Å²) in [4.78, 5) is 38.1. The number of carboxylic acid groups (broad SMARTS) is 1. The minimum atomic E-state index is -1.18. The average molecular weight is 429 g/mol. The van der Waals surface area contributed by atoms with Crippen LogP contribution in [-0.2, 0) is 14.4 Å². The molecule has 1 aliphatic rings. The molecule has 9 heteroatoms. The van der Waals surface area contributed by atoms with Crippen LogP contribution < -0.4 is 5.32 Å². The summed E-state index contributed by atoms with van der Waals surface area (Å²) < 4.78 is 0. The largest absolute Gasteiger partial charge is 0.477 e. The van der Waals surface area contributed by atoms with Gasteiger partial charge in [0.25, 0.3) is 5.91 Å². The molecular formula is C18H21ClN2O4S2. The van der Waals surface area contributed by atoms with Gasteiger partial charge in [0.1, 0.15) is 11.7 Å². The molecule has 0 unspecified atom stereocenters. The molecule has 2 N–H and O–H groups in total. The van der Waals surface area contributed by atoms with Crippen molar-refractivity contribution in [1.29, 1.82) is 0 Å². The van der Waals surface area contributed by atoms with Crippen molar-refractivity contribution in [1.82, 2.24) is 10.2 Å². The summed E-state index contributed by atoms with van der Waals surface area (Å²) in [6.07, 6.45) is 0. The van der Waals surface area contributed by atoms with Crippen molar-refractivity contribution in [2.45, 2.75) is 37.8 Å². The number of thiol groups is 1. The molecule has 1 aromatic carbocycles. The number of carboxylic acids is 1. The van der Waals surface area contributed by atoms with E-state index >= 15 is 0 Å². The van der Waals surface area contributed by atoms with Crippen LogP contribution in [0, 0.1) is 6.92 Å². The van der Waals surface area contributed by atoms with Crippen molar-refractivity contribution in [3.05, 3.63) is 40.1 Å². The number of hydrogen-bond donors (Lipinski definition) is 3. The summed E-state index contributed by atoms with van der Waals surface area (Å²) in [6, 6.07) is 4.36. The van der Waals surface area contributed by atoms with E-state index in [4.69, 9.17) is 11.6 Å². The lowest BCUT2D eigenvalue weighted by molar-refractivity contribution is -0.153. The first kappa shape index (κ1) is 21.7. The summed E-state index contributed by atoms with van der Waals surface area (Å²) in [5.41, 5.74) is 1.45. The number of likely N-dealkylation sites (tertiary alicyclic amines) is 1. The van der Waals surface area contributed by atoms with Gasteiger partial charge in [0, 0.05) is 10.6 Å². The van der Waals surface area contributed by atoms with E-state index in [0.29, 0.717) is 10.6 Å². The molecule has 1 aromatic rings. The number of aliphatic carboxylic acids is 1. The van der Waals surface area contributed by atoms with Crippen LogP contribution in [0.3, 0.4) is 0 Å². The Balaban J connectivity index is 1.99. The van der Waals surface area contributed by atoms with Crippen molar-refractivity contribution in [3.63, 3.8) is 0 Å². The highest BCUT2D eigenvalue weighted by Crippen LogP contribution is 2.29. The Bertz CT molecular complexity index is 813. The predicted octanol–water partition coefficient (Wildman–Crippen LogP) is 2.74. The Kier molecular flexibility index (Phi) is 7.25. The predicted molar refractivity (Wildman–Crippen MR) is 109 cm³/mol. The van der Waals surface area contributed by atoms with Gasteiger partial charge >= 0.3 is 5.97 Å². The standard InChI is InChI=1S/C18H21ClN2O4S2/c1-9-4-5-12(19)13(6-9)27-8-14(22)20-15-11(3)21(17(15)23)16(18(24)25)10(2)7-26/h4-6,11,15,26H,7-8H2,1-3H3,(H,20,22)(H,24,25)/b16-10-/t11-,15+/m1/s1. The summed E-state index contributed by atoms with van der Waals surface area (Å²) in [5, 5.41) is 12.6. The summed E-state index contributed by atoms with van der Waals surface area (Å²) >= 11 is 11.5. The fourth-order valence-electron chi connectivity index (χ4n) is 2.77. The van der Waals surface area contributed by atoms with E-state index in [-0.39, 0.29) is 23.1 Å². The van der Waals surface area contributed by atoms with Crippen molar-refractivity contribution in [3.8, 4) is 0 Å². The number of benzene rings is 1. The molecular weight excluding hydrogens is 408 g/mol. The average Bonchev–Trinajstić information content (AvgIpc) is 2.63. The fourth-order valence-corrected chi connectivity index (χ4v) is 4.04. The first-order chi connectivity index (χ1) is 12.7. The van der Waals surface area contributed by atoms with E-state index in [2.05, 4.69) is 17.9 Å². The molecule has 6 nitrogen and oxygen atoms in total. The fraction of sp³-hybridized carbons (Fsp3) is 0.389. The molecule has 1 fully saturated rings. The van der Waals surface area contributed by atoms with E-state index in [1.54, 1.807) is 19.9 Å². The number of rotatable bonds is 7. The number of thioether (sulfide) groups is 1. The summed E-state index contributed by atoms with van der Waals surface area (Å²) in [6.45, 7) is 5.25. The second-order valence-electron chi connectivity index (χ2n) is 6.31. The van der Waals surface area contributed by atoms with Crippen LogP contribution in [0.4, 0.5) is 0 Å². The number of amides is 2. The number of hydrogen-bond acceptors (Lipinski definition) is 5. The van der Waals surface area contributed by atoms with E-state index in [1.807, 2.05) is 19.1 Å². The number of carbonyl (C=O) groups is 3. The Hall–Kier alpha value is -1.64. The first-order valence-electron chi connectivity index (χ1n) is 8.22. The van der Waals surface area contributed by atoms with Gasteiger partial charge in [-0.15, -0.1) is 11.8 Å². The first-order valence-corrected chi connectivity index (χ1v) is 10.2. The van der Waals surface area contributed by atoms with Crippen molar-refractivity contribution >= 4 is 53.8 Å². The Morgan fingerprint density at radius 3 is 2.63 bits per heavy atom. The van der Waals surface area contributed by atoms with Crippen LogP contribution in [-0.4, -0.2) is 51.4 Å². The SMILES string of the molecule is C/C(CS)=C(\C(=O)O)N1C(=O)[C@@H](NC(=O)CSc2cc(C)ccc2Cl)[C@H]1C. The number of halogens is 1. The lowest BCUT2D eigenvalue weighted by Crippen LogP contribution is -2.69. The van der Waals surface area contributed by atoms with Gasteiger partial charge in [0.05, 0.1) is 16.8 Å². The van der Waals surface area contributed by atoms with Gasteiger partial charge in [-0.2, -0.15) is 12.6 Å². The molecule has 1 saturated heterocycles. The van der Waals surface area contributed by atoms with E-state index in [9.17, 15) is 19.5 Å². The van der Waals surface area contributed by atoms with Gasteiger partial charge in [-0.05, 0) is 44.0 Å². The maximum absolute atomic E-state index is 12.4. The normalized spacial score (nSPS) is 20.0. The molecule has 2 atom stereocenters. The highest BCUT2D eigenvalue weighted by atomic mass is 35.5. The molecule has 2 rings (SSSR count). The van der Waals surface area contributed by atoms with Crippen LogP contribution in [0.2, 0.25) is 5.02 Å². The van der Waals surface area contributed by atoms with Crippen LogP contribution in [0.25, 0.3) is 0 Å². The van der Waals surface area contributed by atoms with Crippen LogP contribution in [0.1, 0.15) is 19.4 Å². The third kappa shape index (κ3) is 4.80. The number of β-lactam (4-membered cyclic amide) rings is 1. The number of nitrogens with zero attached hydrogens (tertiary/aromatic N) is 1. The number of nitrogens with one attached hydrogen (secondary N) is 1. The molecule has 0 aliphatic carbocycles. The summed E-state index contributed by atoms with van der Waals surface area (Å²) in [7, 11) is 0. The lowest BCUT2D eigenvalue weighted by Gasteiger charge is -2.45. The Morgan fingerprint density at radius 1 is 1.41 bits per heavy atom. The maximum atomic E-state index is 12.4. The minimum absolute atomic E-state index is 0.0751. The number of carbonyl (C=O) groups excluding carboxylic acids is 2. The maximum Gasteiger partial charge on any atom is 0.352 e. The molecule has 1 heterocycles. The second kappa shape index (κ2) is 9.03. The van der Waals surface area contributed by atoms with Gasteiger partial charge in [-0.3, -0.25) is 14.5 Å². The van der Waals surface area contributed by atoms with E-state index < -0.39 is 24.0 Å². The molecule has 0 saturated carbocycles. The molecule has 0 radical (unpaired) electrons. The third-order valence-electron chi connectivity index (χ3n) is 4.24. The number of aryl methyl sites for hydroxylation is 1. The van der Waals surface area contributed by atoms with Crippen LogP contribution in [0.5, 0.6) is 0 Å². The lowest BCUT2D eigenvalue weighted by atomic mass is 9.94. The monoisotopic (exact) mass is 428 g/mol. The highest BCUT2D eigenvalue weighted by molar-refractivity contribution is 8.00. The van der Waals surface area contributed by atoms with Gasteiger partial charge < -0.3 is 10.4 Å². The zero-order valence-electron chi connectivity index (χ0n) is 15.2. The van der Waals surface area contributed by atoms with Gasteiger partial charge in [-0.1, -0.05) is 17.7 Å². The Labute approximate surface area is 172 Å². The van der Waals surface area contributed by atoms with Crippen molar-refractivity contribution in [2.75, 3.05) is 11.5 Å². The highest BCUT2D eigenvalue weighted by Gasteiger charge is 2.48. The molecule has 27 heavy (non-hydrogen) atoms. The van der Waals surface area contributed by atoms with Crippen LogP contribution >= 0.6 is 36.0 Å².